The summed E-state index contributed by atoms with van der Waals surface area (Å²) in [4.78, 5) is 29.3. The van der Waals surface area contributed by atoms with Gasteiger partial charge in [0, 0.05) is 50.5 Å². The highest BCUT2D eigenvalue weighted by Crippen LogP contribution is 2.47. The molecule has 1 saturated heterocycles. The zero-order valence-corrected chi connectivity index (χ0v) is 14.6. The van der Waals surface area contributed by atoms with Crippen LogP contribution in [0.15, 0.2) is 23.0 Å². The van der Waals surface area contributed by atoms with Crippen LogP contribution in [0.4, 0.5) is 0 Å². The number of pyridine rings is 1. The van der Waals surface area contributed by atoms with Crippen molar-refractivity contribution in [3.05, 3.63) is 39.8 Å². The number of hydrogen-bond donors (Lipinski definition) is 1. The van der Waals surface area contributed by atoms with E-state index in [1.807, 2.05) is 38.3 Å². The molecule has 4 atom stereocenters. The summed E-state index contributed by atoms with van der Waals surface area (Å²) in [6, 6.07) is 3.58. The number of fused-ring (bicyclic) bond motifs is 4. The number of aromatic nitrogens is 1. The second kappa shape index (κ2) is 6.18. The maximum Gasteiger partial charge on any atom is 0.258 e. The van der Waals surface area contributed by atoms with Crippen molar-refractivity contribution in [2.24, 2.45) is 11.8 Å². The van der Waals surface area contributed by atoms with Gasteiger partial charge in [-0.05, 0) is 26.1 Å². The van der Waals surface area contributed by atoms with Gasteiger partial charge in [-0.25, -0.2) is 0 Å². The first-order valence-corrected chi connectivity index (χ1v) is 8.32. The molecule has 1 aromatic heterocycles. The van der Waals surface area contributed by atoms with Gasteiger partial charge < -0.3 is 14.6 Å². The Morgan fingerprint density at radius 1 is 1.42 bits per heavy atom. The molecule has 0 aromatic carbocycles. The highest BCUT2D eigenvalue weighted by atomic mass is 16.3. The lowest BCUT2D eigenvalue weighted by Crippen LogP contribution is -2.44. The SMILES string of the molecule is C/C=C/c1ccc2n(c1=O)C[C@H]1[C@H](CO)[C@@H](C(=O)N(C)C)[C@@H]2N1C. The molecule has 0 unspecified atom stereocenters. The molecule has 0 radical (unpaired) electrons. The maximum absolute atomic E-state index is 12.8. The highest BCUT2D eigenvalue weighted by Gasteiger charge is 2.54. The molecule has 2 bridgehead atoms. The van der Waals surface area contributed by atoms with Gasteiger partial charge in [-0.2, -0.15) is 0 Å². The third-order valence-corrected chi connectivity index (χ3v) is 5.45. The number of hydrogen-bond acceptors (Lipinski definition) is 4. The molecule has 1 amide bonds. The Balaban J connectivity index is 2.15. The molecule has 0 saturated carbocycles. The van der Waals surface area contributed by atoms with Gasteiger partial charge in [-0.3, -0.25) is 14.5 Å². The normalized spacial score (nSPS) is 29.0. The quantitative estimate of drug-likeness (QED) is 0.879. The van der Waals surface area contributed by atoms with E-state index >= 15 is 0 Å². The van der Waals surface area contributed by atoms with Gasteiger partial charge in [0.25, 0.3) is 5.56 Å². The molecule has 3 heterocycles. The topological polar surface area (TPSA) is 65.8 Å². The third-order valence-electron chi connectivity index (χ3n) is 5.45. The van der Waals surface area contributed by atoms with E-state index in [-0.39, 0.29) is 42.0 Å². The minimum absolute atomic E-state index is 0.00632. The van der Waals surface area contributed by atoms with Crippen molar-refractivity contribution in [3.63, 3.8) is 0 Å². The van der Waals surface area contributed by atoms with Gasteiger partial charge >= 0.3 is 0 Å². The molecule has 1 fully saturated rings. The van der Waals surface area contributed by atoms with E-state index in [1.165, 1.54) is 0 Å². The van der Waals surface area contributed by atoms with Crippen molar-refractivity contribution in [2.45, 2.75) is 25.6 Å². The summed E-state index contributed by atoms with van der Waals surface area (Å²) in [5.41, 5.74) is 1.49. The van der Waals surface area contributed by atoms with Gasteiger partial charge in [0.05, 0.1) is 12.0 Å². The van der Waals surface area contributed by atoms with E-state index in [9.17, 15) is 14.7 Å². The Morgan fingerprint density at radius 2 is 2.12 bits per heavy atom. The van der Waals surface area contributed by atoms with Crippen LogP contribution in [0.1, 0.15) is 24.2 Å². The van der Waals surface area contributed by atoms with Crippen LogP contribution >= 0.6 is 0 Å². The number of nitrogens with zero attached hydrogens (tertiary/aromatic N) is 3. The summed E-state index contributed by atoms with van der Waals surface area (Å²) >= 11 is 0. The first kappa shape index (κ1) is 16.9. The Hall–Kier alpha value is -1.92. The summed E-state index contributed by atoms with van der Waals surface area (Å²) in [7, 11) is 5.46. The zero-order valence-electron chi connectivity index (χ0n) is 14.6. The number of carbonyl (C=O) groups excluding carboxylic acids is 1. The number of carbonyl (C=O) groups is 1. The lowest BCUT2D eigenvalue weighted by molar-refractivity contribution is -0.135. The molecular formula is C18H25N3O3. The van der Waals surface area contributed by atoms with Gasteiger partial charge in [0.2, 0.25) is 5.91 Å². The summed E-state index contributed by atoms with van der Waals surface area (Å²) < 4.78 is 1.79. The molecule has 6 heteroatoms. The maximum atomic E-state index is 12.8. The van der Waals surface area contributed by atoms with Crippen molar-refractivity contribution < 1.29 is 9.90 Å². The summed E-state index contributed by atoms with van der Waals surface area (Å²) in [5, 5.41) is 9.92. The van der Waals surface area contributed by atoms with Gasteiger partial charge in [0.1, 0.15) is 0 Å². The molecular weight excluding hydrogens is 306 g/mol. The second-order valence-corrected chi connectivity index (χ2v) is 6.91. The van der Waals surface area contributed by atoms with E-state index in [0.717, 1.165) is 5.69 Å². The Morgan fingerprint density at radius 3 is 2.71 bits per heavy atom. The van der Waals surface area contributed by atoms with Crippen LogP contribution in [0.3, 0.4) is 0 Å². The predicted octanol–water partition coefficient (Wildman–Crippen LogP) is 0.563. The van der Waals surface area contributed by atoms with Crippen molar-refractivity contribution in [3.8, 4) is 0 Å². The van der Waals surface area contributed by atoms with Crippen LogP contribution in [-0.2, 0) is 11.3 Å². The minimum atomic E-state index is -0.333. The van der Waals surface area contributed by atoms with Gasteiger partial charge in [-0.1, -0.05) is 12.2 Å². The summed E-state index contributed by atoms with van der Waals surface area (Å²) in [6.45, 7) is 2.34. The third kappa shape index (κ3) is 2.32. The lowest BCUT2D eigenvalue weighted by atomic mass is 9.86. The monoisotopic (exact) mass is 331 g/mol. The average Bonchev–Trinajstić information content (AvgIpc) is 2.73. The van der Waals surface area contributed by atoms with Crippen LogP contribution in [0.2, 0.25) is 0 Å². The van der Waals surface area contributed by atoms with Crippen molar-refractivity contribution in [2.75, 3.05) is 27.7 Å². The molecule has 3 rings (SSSR count). The molecule has 130 valence electrons. The van der Waals surface area contributed by atoms with E-state index < -0.39 is 0 Å². The lowest BCUT2D eigenvalue weighted by Gasteiger charge is -2.35. The fraction of sp³-hybridized carbons (Fsp3) is 0.556. The van der Waals surface area contributed by atoms with Crippen LogP contribution in [0.25, 0.3) is 6.08 Å². The number of aliphatic hydroxyl groups excluding tert-OH is 1. The molecule has 0 aliphatic carbocycles. The standard InChI is InChI=1S/C18H25N3O3/c1-5-6-11-7-8-13-16-15(18(24)19(2)3)12(10-22)14(20(16)4)9-21(13)17(11)23/h5-8,12,14-16,22H,9-10H2,1-4H3/b6-5+/t12-,14-,15+,16+/m0/s1. The van der Waals surface area contributed by atoms with Crippen LogP contribution in [-0.4, -0.2) is 59.2 Å². The Labute approximate surface area is 142 Å². The number of rotatable bonds is 3. The molecule has 24 heavy (non-hydrogen) atoms. The van der Waals surface area contributed by atoms with E-state index in [1.54, 1.807) is 23.6 Å². The van der Waals surface area contributed by atoms with Crippen molar-refractivity contribution in [1.29, 1.82) is 0 Å². The first-order valence-electron chi connectivity index (χ1n) is 8.32. The predicted molar refractivity (Wildman–Crippen MR) is 92.5 cm³/mol. The zero-order chi connectivity index (χ0) is 17.6. The van der Waals surface area contributed by atoms with Crippen LogP contribution < -0.4 is 5.56 Å². The number of aliphatic hydroxyl groups is 1. The van der Waals surface area contributed by atoms with E-state index in [2.05, 4.69) is 4.90 Å². The summed E-state index contributed by atoms with van der Waals surface area (Å²) in [6.07, 6.45) is 3.66. The largest absolute Gasteiger partial charge is 0.396 e. The summed E-state index contributed by atoms with van der Waals surface area (Å²) in [5.74, 6) is -0.494. The second-order valence-electron chi connectivity index (χ2n) is 6.91. The first-order chi connectivity index (χ1) is 11.4. The van der Waals surface area contributed by atoms with E-state index in [0.29, 0.717) is 12.1 Å². The molecule has 2 aliphatic rings. The smallest absolute Gasteiger partial charge is 0.258 e. The van der Waals surface area contributed by atoms with Gasteiger partial charge in [0.15, 0.2) is 0 Å². The molecule has 0 spiro atoms. The fourth-order valence-electron chi connectivity index (χ4n) is 4.29. The molecule has 1 aromatic rings. The van der Waals surface area contributed by atoms with Crippen molar-refractivity contribution >= 4 is 12.0 Å². The number of likely N-dealkylation sites (N-methyl/N-ethyl adjacent to an activating group) is 1. The molecule has 6 nitrogen and oxygen atoms in total. The van der Waals surface area contributed by atoms with Crippen LogP contribution in [0, 0.1) is 11.8 Å². The highest BCUT2D eigenvalue weighted by molar-refractivity contribution is 5.80. The van der Waals surface area contributed by atoms with Crippen molar-refractivity contribution in [1.82, 2.24) is 14.4 Å². The minimum Gasteiger partial charge on any atom is -0.396 e. The van der Waals surface area contributed by atoms with Crippen LogP contribution in [0.5, 0.6) is 0 Å². The fourth-order valence-corrected chi connectivity index (χ4v) is 4.29. The average molecular weight is 331 g/mol. The number of allylic oxidation sites excluding steroid dienone is 1. The number of amides is 1. The van der Waals surface area contributed by atoms with E-state index in [4.69, 9.17) is 0 Å². The Kier molecular flexibility index (Phi) is 4.36. The molecule has 1 N–H and O–H groups in total. The molecule has 2 aliphatic heterocycles. The Bertz CT molecular complexity index is 738. The van der Waals surface area contributed by atoms with Gasteiger partial charge in [-0.15, -0.1) is 0 Å².